The highest BCUT2D eigenvalue weighted by Crippen LogP contribution is 2.31. The maximum atomic E-state index is 13.5. The number of rotatable bonds is 9. The average Bonchev–Trinajstić information content (AvgIpc) is 2.92. The van der Waals surface area contributed by atoms with Crippen LogP contribution in [0.2, 0.25) is 0 Å². The minimum Gasteiger partial charge on any atom is -0.385 e. The molecule has 1 aromatic heterocycles. The highest BCUT2D eigenvalue weighted by molar-refractivity contribution is 6.08. The van der Waals surface area contributed by atoms with E-state index in [0.29, 0.717) is 30.5 Å². The molecule has 1 fully saturated rings. The Morgan fingerprint density at radius 2 is 1.82 bits per heavy atom. The van der Waals surface area contributed by atoms with Crippen LogP contribution in [0.15, 0.2) is 53.3 Å². The molecule has 1 aromatic carbocycles. The molecule has 4 rings (SSSR count). The SMILES string of the molecule is CCNc1cc(-c2ccc(N3CCN(C(C)(C)C)CC3)nc2)cc(C(=O)CCC2=C(C)C=C(C)CC2=O)c1C=N. The summed E-state index contributed by atoms with van der Waals surface area (Å²) in [7, 11) is 0. The van der Waals surface area contributed by atoms with Crippen LogP contribution in [-0.2, 0) is 4.79 Å². The Labute approximate surface area is 238 Å². The number of hydrogen-bond acceptors (Lipinski definition) is 7. The van der Waals surface area contributed by atoms with E-state index in [1.54, 1.807) is 0 Å². The molecule has 0 spiro atoms. The molecule has 0 radical (unpaired) electrons. The second-order valence-electron chi connectivity index (χ2n) is 11.9. The first kappa shape index (κ1) is 29.4. The van der Waals surface area contributed by atoms with Crippen molar-refractivity contribution in [3.05, 3.63) is 64.4 Å². The number of carbonyl (C=O) groups is 2. The predicted molar refractivity (Wildman–Crippen MR) is 165 cm³/mol. The van der Waals surface area contributed by atoms with E-state index in [2.05, 4.69) is 48.0 Å². The number of benzene rings is 1. The standard InChI is InChI=1S/C33H43N5O2/c1-7-35-29-19-25(24-8-11-32(36-21-24)37-12-14-38(15-13-37)33(4,5)6)18-27(28(29)20-34)30(39)10-9-26-23(3)16-22(2)17-31(26)40/h8,11,16,18-21,34-35H,7,9-10,12-15,17H2,1-6H3. The van der Waals surface area contributed by atoms with Crippen molar-refractivity contribution >= 4 is 29.3 Å². The fourth-order valence-corrected chi connectivity index (χ4v) is 5.69. The first-order valence-electron chi connectivity index (χ1n) is 14.3. The number of Topliss-reactive ketones (excluding diaryl/α,β-unsaturated/α-hetero) is 2. The van der Waals surface area contributed by atoms with Crippen LogP contribution in [0.25, 0.3) is 11.1 Å². The molecule has 0 bridgehead atoms. The van der Waals surface area contributed by atoms with Crippen LogP contribution >= 0.6 is 0 Å². The van der Waals surface area contributed by atoms with Crippen LogP contribution in [0, 0.1) is 5.41 Å². The summed E-state index contributed by atoms with van der Waals surface area (Å²) in [4.78, 5) is 35.7. The maximum absolute atomic E-state index is 13.5. The lowest BCUT2D eigenvalue weighted by Crippen LogP contribution is -2.53. The van der Waals surface area contributed by atoms with E-state index in [-0.39, 0.29) is 23.5 Å². The average molecular weight is 542 g/mol. The Kier molecular flexibility index (Phi) is 9.04. The molecule has 2 aromatic rings. The zero-order valence-electron chi connectivity index (χ0n) is 24.9. The van der Waals surface area contributed by atoms with Gasteiger partial charge in [0.05, 0.1) is 0 Å². The molecule has 0 saturated carbocycles. The van der Waals surface area contributed by atoms with Crippen LogP contribution in [0.1, 0.15) is 76.7 Å². The third-order valence-corrected chi connectivity index (χ3v) is 7.94. The lowest BCUT2D eigenvalue weighted by molar-refractivity contribution is -0.115. The minimum absolute atomic E-state index is 0.0693. The number of nitrogens with zero attached hydrogens (tertiary/aromatic N) is 3. The molecule has 2 N–H and O–H groups in total. The molecule has 7 heteroatoms. The molecule has 2 heterocycles. The van der Waals surface area contributed by atoms with Crippen LogP contribution in [0.4, 0.5) is 11.5 Å². The van der Waals surface area contributed by atoms with Crippen molar-refractivity contribution in [3.8, 4) is 11.1 Å². The van der Waals surface area contributed by atoms with E-state index < -0.39 is 0 Å². The van der Waals surface area contributed by atoms with Gasteiger partial charge < -0.3 is 15.6 Å². The molecule has 7 nitrogen and oxygen atoms in total. The molecule has 212 valence electrons. The zero-order chi connectivity index (χ0) is 29.0. The van der Waals surface area contributed by atoms with Crippen LogP contribution in [0.3, 0.4) is 0 Å². The molecular weight excluding hydrogens is 498 g/mol. The van der Waals surface area contributed by atoms with E-state index in [1.165, 1.54) is 6.21 Å². The number of carbonyl (C=O) groups excluding carboxylic acids is 2. The predicted octanol–water partition coefficient (Wildman–Crippen LogP) is 6.30. The number of aromatic nitrogens is 1. The molecule has 1 aliphatic carbocycles. The van der Waals surface area contributed by atoms with Crippen LogP contribution < -0.4 is 10.2 Å². The summed E-state index contributed by atoms with van der Waals surface area (Å²) in [6, 6.07) is 7.98. The van der Waals surface area contributed by atoms with Gasteiger partial charge in [0.2, 0.25) is 0 Å². The van der Waals surface area contributed by atoms with Gasteiger partial charge in [-0.15, -0.1) is 0 Å². The quantitative estimate of drug-likeness (QED) is 0.286. The number of pyridine rings is 1. The lowest BCUT2D eigenvalue weighted by atomic mass is 9.88. The highest BCUT2D eigenvalue weighted by Gasteiger charge is 2.26. The van der Waals surface area contributed by atoms with Crippen molar-refractivity contribution in [1.82, 2.24) is 9.88 Å². The monoisotopic (exact) mass is 541 g/mol. The van der Waals surface area contributed by atoms with Gasteiger partial charge in [0.1, 0.15) is 5.82 Å². The molecule has 2 aliphatic rings. The molecule has 0 amide bonds. The van der Waals surface area contributed by atoms with E-state index in [0.717, 1.165) is 65.5 Å². The fourth-order valence-electron chi connectivity index (χ4n) is 5.69. The van der Waals surface area contributed by atoms with E-state index in [9.17, 15) is 9.59 Å². The Morgan fingerprint density at radius 1 is 1.10 bits per heavy atom. The Bertz CT molecular complexity index is 1340. The first-order valence-corrected chi connectivity index (χ1v) is 14.3. The second-order valence-corrected chi connectivity index (χ2v) is 11.9. The Morgan fingerprint density at radius 3 is 2.40 bits per heavy atom. The van der Waals surface area contributed by atoms with Crippen molar-refractivity contribution in [2.45, 2.75) is 66.3 Å². The van der Waals surface area contributed by atoms with Crippen molar-refractivity contribution < 1.29 is 9.59 Å². The summed E-state index contributed by atoms with van der Waals surface area (Å²) in [6.45, 7) is 17.2. The number of piperazine rings is 1. The lowest BCUT2D eigenvalue weighted by Gasteiger charge is -2.42. The largest absolute Gasteiger partial charge is 0.385 e. The number of hydrogen-bond donors (Lipinski definition) is 2. The summed E-state index contributed by atoms with van der Waals surface area (Å²) in [6.07, 6.45) is 6.20. The van der Waals surface area contributed by atoms with Gasteiger partial charge >= 0.3 is 0 Å². The zero-order valence-corrected chi connectivity index (χ0v) is 24.9. The van der Waals surface area contributed by atoms with Gasteiger partial charge in [-0.1, -0.05) is 11.6 Å². The number of anilines is 2. The normalized spacial score (nSPS) is 16.7. The molecule has 0 atom stereocenters. The number of nitrogens with one attached hydrogen (secondary N) is 2. The van der Waals surface area contributed by atoms with Crippen molar-refractivity contribution in [3.63, 3.8) is 0 Å². The smallest absolute Gasteiger partial charge is 0.163 e. The first-order chi connectivity index (χ1) is 19.0. The van der Waals surface area contributed by atoms with Crippen molar-refractivity contribution in [2.75, 3.05) is 42.9 Å². The van der Waals surface area contributed by atoms with Gasteiger partial charge in [0, 0.05) is 85.9 Å². The maximum Gasteiger partial charge on any atom is 0.163 e. The van der Waals surface area contributed by atoms with E-state index in [1.807, 2.05) is 45.2 Å². The summed E-state index contributed by atoms with van der Waals surface area (Å²) in [5.74, 6) is 0.993. The third-order valence-electron chi connectivity index (χ3n) is 7.94. The van der Waals surface area contributed by atoms with E-state index >= 15 is 0 Å². The number of ketones is 2. The molecular formula is C33H43N5O2. The highest BCUT2D eigenvalue weighted by atomic mass is 16.1. The fraction of sp³-hybridized carbons (Fsp3) is 0.455. The van der Waals surface area contributed by atoms with Crippen molar-refractivity contribution in [1.29, 1.82) is 5.41 Å². The van der Waals surface area contributed by atoms with Crippen LogP contribution in [0.5, 0.6) is 0 Å². The van der Waals surface area contributed by atoms with Gasteiger partial charge in [-0.3, -0.25) is 14.5 Å². The van der Waals surface area contributed by atoms with Crippen LogP contribution in [-0.4, -0.2) is 65.9 Å². The summed E-state index contributed by atoms with van der Waals surface area (Å²) < 4.78 is 0. The van der Waals surface area contributed by atoms with Gasteiger partial charge in [0.25, 0.3) is 0 Å². The molecule has 40 heavy (non-hydrogen) atoms. The Balaban J connectivity index is 1.57. The van der Waals surface area contributed by atoms with Gasteiger partial charge in [0.15, 0.2) is 11.6 Å². The molecule has 1 aliphatic heterocycles. The second kappa shape index (κ2) is 12.3. The summed E-state index contributed by atoms with van der Waals surface area (Å²) in [5, 5.41) is 11.4. The number of allylic oxidation sites excluding steroid dienone is 4. The Hall–Kier alpha value is -3.58. The summed E-state index contributed by atoms with van der Waals surface area (Å²) in [5.41, 5.74) is 6.54. The van der Waals surface area contributed by atoms with E-state index in [4.69, 9.17) is 10.4 Å². The summed E-state index contributed by atoms with van der Waals surface area (Å²) >= 11 is 0. The molecule has 1 saturated heterocycles. The van der Waals surface area contributed by atoms with Gasteiger partial charge in [-0.25, -0.2) is 4.98 Å². The topological polar surface area (TPSA) is 89.4 Å². The minimum atomic E-state index is -0.0693. The molecule has 0 unspecified atom stereocenters. The third kappa shape index (κ3) is 6.58. The van der Waals surface area contributed by atoms with Crippen molar-refractivity contribution in [2.24, 2.45) is 0 Å². The van der Waals surface area contributed by atoms with Gasteiger partial charge in [-0.05, 0) is 88.9 Å². The van der Waals surface area contributed by atoms with Gasteiger partial charge in [-0.2, -0.15) is 0 Å².